The van der Waals surface area contributed by atoms with Crippen molar-refractivity contribution in [2.45, 2.75) is 39.1 Å². The van der Waals surface area contributed by atoms with Gasteiger partial charge in [-0.1, -0.05) is 6.07 Å². The van der Waals surface area contributed by atoms with Gasteiger partial charge in [-0.3, -0.25) is 4.90 Å². The van der Waals surface area contributed by atoms with E-state index in [0.29, 0.717) is 19.7 Å². The lowest BCUT2D eigenvalue weighted by molar-refractivity contribution is -0.0758. The minimum absolute atomic E-state index is 0.234. The monoisotopic (exact) mass is 320 g/mol. The van der Waals surface area contributed by atoms with Gasteiger partial charge < -0.3 is 19.5 Å². The first-order chi connectivity index (χ1) is 11.0. The summed E-state index contributed by atoms with van der Waals surface area (Å²) in [6.07, 6.45) is 0.0934. The van der Waals surface area contributed by atoms with Crippen LogP contribution >= 0.6 is 0 Å². The highest BCUT2D eigenvalue weighted by Gasteiger charge is 2.26. The zero-order chi connectivity index (χ0) is 16.4. The molecule has 3 rings (SSSR count). The maximum atomic E-state index is 10.5. The fourth-order valence-corrected chi connectivity index (χ4v) is 3.62. The molecule has 0 spiro atoms. The van der Waals surface area contributed by atoms with Crippen LogP contribution in [0.3, 0.4) is 0 Å². The van der Waals surface area contributed by atoms with Gasteiger partial charge in [0.1, 0.15) is 12.4 Å². The number of anilines is 1. The predicted octanol–water partition coefficient (Wildman–Crippen LogP) is 1.66. The van der Waals surface area contributed by atoms with Crippen LogP contribution in [0, 0.1) is 6.92 Å². The van der Waals surface area contributed by atoms with Gasteiger partial charge in [0.2, 0.25) is 0 Å². The Hall–Kier alpha value is -1.30. The van der Waals surface area contributed by atoms with Crippen molar-refractivity contribution in [3.8, 4) is 5.75 Å². The van der Waals surface area contributed by atoms with Crippen LogP contribution < -0.4 is 9.64 Å². The minimum Gasteiger partial charge on any atom is -0.490 e. The van der Waals surface area contributed by atoms with Gasteiger partial charge in [0, 0.05) is 26.2 Å². The Bertz CT molecular complexity index is 527. The van der Waals surface area contributed by atoms with Gasteiger partial charge in [-0.05, 0) is 38.5 Å². The van der Waals surface area contributed by atoms with E-state index in [0.717, 1.165) is 31.1 Å². The number of aliphatic hydroxyl groups excluding tert-OH is 1. The van der Waals surface area contributed by atoms with Gasteiger partial charge >= 0.3 is 0 Å². The Morgan fingerprint density at radius 2 is 1.96 bits per heavy atom. The van der Waals surface area contributed by atoms with Crippen LogP contribution in [-0.2, 0) is 4.74 Å². The summed E-state index contributed by atoms with van der Waals surface area (Å²) in [5.41, 5.74) is 2.28. The average Bonchev–Trinajstić information content (AvgIpc) is 2.45. The van der Waals surface area contributed by atoms with Crippen molar-refractivity contribution in [1.82, 2.24) is 4.90 Å². The average molecular weight is 320 g/mol. The summed E-state index contributed by atoms with van der Waals surface area (Å²) >= 11 is 0. The van der Waals surface area contributed by atoms with Crippen LogP contribution in [-0.4, -0.2) is 67.6 Å². The van der Waals surface area contributed by atoms with Gasteiger partial charge in [0.15, 0.2) is 0 Å². The number of aryl methyl sites for hydroxylation is 1. The largest absolute Gasteiger partial charge is 0.490 e. The number of nitrogens with zero attached hydrogens (tertiary/aromatic N) is 2. The zero-order valence-corrected chi connectivity index (χ0v) is 14.4. The molecule has 0 aliphatic carbocycles. The maximum Gasteiger partial charge on any atom is 0.142 e. The summed E-state index contributed by atoms with van der Waals surface area (Å²) in [5.74, 6) is 0.928. The van der Waals surface area contributed by atoms with Crippen LogP contribution in [0.1, 0.15) is 19.4 Å². The number of ether oxygens (including phenoxy) is 2. The first-order valence-corrected chi connectivity index (χ1v) is 8.55. The normalized spacial score (nSPS) is 26.5. The molecule has 2 aliphatic heterocycles. The first kappa shape index (κ1) is 16.6. The van der Waals surface area contributed by atoms with E-state index in [1.807, 2.05) is 0 Å². The number of fused-ring (bicyclic) bond motifs is 1. The molecule has 1 saturated heterocycles. The topological polar surface area (TPSA) is 45.2 Å². The van der Waals surface area contributed by atoms with E-state index in [1.165, 1.54) is 5.56 Å². The molecule has 3 atom stereocenters. The number of benzene rings is 1. The smallest absolute Gasteiger partial charge is 0.142 e. The molecule has 128 valence electrons. The highest BCUT2D eigenvalue weighted by Crippen LogP contribution is 2.32. The van der Waals surface area contributed by atoms with E-state index in [-0.39, 0.29) is 18.3 Å². The quantitative estimate of drug-likeness (QED) is 0.914. The molecule has 23 heavy (non-hydrogen) atoms. The third-order valence-electron chi connectivity index (χ3n) is 4.47. The van der Waals surface area contributed by atoms with Crippen molar-refractivity contribution in [1.29, 1.82) is 0 Å². The van der Waals surface area contributed by atoms with Gasteiger partial charge in [-0.25, -0.2) is 0 Å². The third kappa shape index (κ3) is 4.16. The lowest BCUT2D eigenvalue weighted by Crippen LogP contribution is -2.50. The second-order valence-electron chi connectivity index (χ2n) is 6.90. The van der Waals surface area contributed by atoms with Crippen LogP contribution in [0.4, 0.5) is 5.69 Å². The van der Waals surface area contributed by atoms with E-state index in [2.05, 4.69) is 48.8 Å². The van der Waals surface area contributed by atoms with Gasteiger partial charge in [0.05, 0.1) is 30.5 Å². The molecule has 0 amide bonds. The van der Waals surface area contributed by atoms with E-state index < -0.39 is 0 Å². The highest BCUT2D eigenvalue weighted by molar-refractivity contribution is 5.61. The predicted molar refractivity (Wildman–Crippen MR) is 91.3 cm³/mol. The second kappa shape index (κ2) is 7.07. The molecule has 0 bridgehead atoms. The van der Waals surface area contributed by atoms with E-state index >= 15 is 0 Å². The number of β-amino-alcohol motifs (C(OH)–C–C–N with tert-alkyl or cyclic N) is 1. The van der Waals surface area contributed by atoms with Crippen molar-refractivity contribution >= 4 is 5.69 Å². The molecule has 1 aromatic rings. The maximum absolute atomic E-state index is 10.5. The molecule has 5 nitrogen and oxygen atoms in total. The van der Waals surface area contributed by atoms with Crippen molar-refractivity contribution < 1.29 is 14.6 Å². The van der Waals surface area contributed by atoms with Crippen LogP contribution in [0.5, 0.6) is 5.75 Å². The highest BCUT2D eigenvalue weighted by atomic mass is 16.5. The minimum atomic E-state index is -0.375. The first-order valence-electron chi connectivity index (χ1n) is 8.55. The lowest BCUT2D eigenvalue weighted by atomic mass is 10.1. The van der Waals surface area contributed by atoms with Gasteiger partial charge in [-0.15, -0.1) is 0 Å². The molecule has 1 N–H and O–H groups in total. The van der Waals surface area contributed by atoms with E-state index in [4.69, 9.17) is 9.47 Å². The molecule has 2 aliphatic rings. The molecule has 5 heteroatoms. The summed E-state index contributed by atoms with van der Waals surface area (Å²) in [7, 11) is 0. The molecule has 1 fully saturated rings. The Morgan fingerprint density at radius 3 is 2.70 bits per heavy atom. The fraction of sp³-hybridized carbons (Fsp3) is 0.667. The van der Waals surface area contributed by atoms with E-state index in [1.54, 1.807) is 0 Å². The van der Waals surface area contributed by atoms with Gasteiger partial charge in [0.25, 0.3) is 0 Å². The van der Waals surface area contributed by atoms with Crippen molar-refractivity contribution in [2.24, 2.45) is 0 Å². The molecule has 3 unspecified atom stereocenters. The van der Waals surface area contributed by atoms with Crippen molar-refractivity contribution in [2.75, 3.05) is 44.2 Å². The summed E-state index contributed by atoms with van der Waals surface area (Å²) in [5, 5.41) is 10.5. The van der Waals surface area contributed by atoms with Crippen LogP contribution in [0.2, 0.25) is 0 Å². The molecule has 0 aromatic heterocycles. The second-order valence-corrected chi connectivity index (χ2v) is 6.90. The number of morpholine rings is 1. The van der Waals surface area contributed by atoms with Crippen LogP contribution in [0.15, 0.2) is 18.2 Å². The Balaban J connectivity index is 1.59. The third-order valence-corrected chi connectivity index (χ3v) is 4.47. The summed E-state index contributed by atoms with van der Waals surface area (Å²) < 4.78 is 11.5. The number of hydrogen-bond donors (Lipinski definition) is 1. The number of aliphatic hydroxyl groups is 1. The Kier molecular flexibility index (Phi) is 5.09. The van der Waals surface area contributed by atoms with E-state index in [9.17, 15) is 5.11 Å². The number of hydrogen-bond acceptors (Lipinski definition) is 5. The SMILES string of the molecule is Cc1ccc2c(c1)OCCN2CC(O)CN1CC(C)OC(C)C1. The summed E-state index contributed by atoms with van der Waals surface area (Å²) in [6, 6.07) is 6.26. The molecule has 0 radical (unpaired) electrons. The molecule has 0 saturated carbocycles. The number of rotatable bonds is 4. The molecule has 2 heterocycles. The molecule has 1 aromatic carbocycles. The fourth-order valence-electron chi connectivity index (χ4n) is 3.62. The lowest BCUT2D eigenvalue weighted by Gasteiger charge is -2.38. The summed E-state index contributed by atoms with van der Waals surface area (Å²) in [4.78, 5) is 4.54. The molecular formula is C18H28N2O3. The van der Waals surface area contributed by atoms with Gasteiger partial charge in [-0.2, -0.15) is 0 Å². The Labute approximate surface area is 138 Å². The Morgan fingerprint density at radius 1 is 1.22 bits per heavy atom. The van der Waals surface area contributed by atoms with Crippen molar-refractivity contribution in [3.63, 3.8) is 0 Å². The zero-order valence-electron chi connectivity index (χ0n) is 14.4. The van der Waals surface area contributed by atoms with Crippen LogP contribution in [0.25, 0.3) is 0 Å². The summed E-state index contributed by atoms with van der Waals surface area (Å²) in [6.45, 7) is 10.9. The van der Waals surface area contributed by atoms with Crippen molar-refractivity contribution in [3.05, 3.63) is 23.8 Å². The standard InChI is InChI=1S/C18H28N2O3/c1-13-4-5-17-18(8-13)22-7-6-20(17)12-16(21)11-19-9-14(2)23-15(3)10-19/h4-5,8,14-16,21H,6-7,9-12H2,1-3H3. The molecular weight excluding hydrogens is 292 g/mol.